The van der Waals surface area contributed by atoms with E-state index in [0.717, 1.165) is 16.7 Å². The van der Waals surface area contributed by atoms with Crippen LogP contribution in [-0.4, -0.2) is 30.1 Å². The van der Waals surface area contributed by atoms with Crippen molar-refractivity contribution in [2.45, 2.75) is 26.1 Å². The van der Waals surface area contributed by atoms with E-state index in [4.69, 9.17) is 11.1 Å². The molecular weight excluding hydrogens is 289 g/mol. The Labute approximate surface area is 126 Å². The highest BCUT2D eigenvalue weighted by Crippen LogP contribution is 2.27. The van der Waals surface area contributed by atoms with E-state index in [1.807, 2.05) is 19.1 Å². The Morgan fingerprint density at radius 2 is 1.76 bits per heavy atom. The quantitative estimate of drug-likeness (QED) is 0.192. The molecule has 0 saturated heterocycles. The van der Waals surface area contributed by atoms with Crippen molar-refractivity contribution in [3.8, 4) is 0 Å². The number of methoxy groups -OCH3 is 1. The summed E-state index contributed by atoms with van der Waals surface area (Å²) in [7, 11) is 3.28. The van der Waals surface area contributed by atoms with Gasteiger partial charge < -0.3 is 15.8 Å². The number of ether oxygens (including phenoxy) is 1. The van der Waals surface area contributed by atoms with Crippen molar-refractivity contribution in [3.05, 3.63) is 34.4 Å². The number of nitrogens with one attached hydrogen (secondary N) is 2. The Morgan fingerprint density at radius 1 is 1.29 bits per heavy atom. The highest BCUT2D eigenvalue weighted by atomic mass is 31.0. The SMILES string of the molecule is COC(=O)C(P)(NC(=N)N)C(=O)c1c(C)cc(C)cc1C. The predicted molar refractivity (Wildman–Crippen MR) is 84.5 cm³/mol. The minimum atomic E-state index is -1.81. The number of carbonyl (C=O) groups is 2. The van der Waals surface area contributed by atoms with Crippen LogP contribution in [0.15, 0.2) is 12.1 Å². The normalized spacial score (nSPS) is 13.2. The molecule has 0 bridgehead atoms. The zero-order chi connectivity index (χ0) is 16.4. The molecule has 2 atom stereocenters. The maximum absolute atomic E-state index is 12.8. The number of Topliss-reactive ketones (excluding diaryl/α,β-unsaturated/α-hetero) is 1. The molecule has 6 nitrogen and oxygen atoms in total. The number of rotatable bonds is 4. The number of carbonyl (C=O) groups excluding carboxylic acids is 2. The van der Waals surface area contributed by atoms with E-state index in [9.17, 15) is 9.59 Å². The van der Waals surface area contributed by atoms with Gasteiger partial charge >= 0.3 is 5.97 Å². The number of nitrogens with two attached hydrogens (primary N) is 1. The lowest BCUT2D eigenvalue weighted by Gasteiger charge is -2.27. The third kappa shape index (κ3) is 3.39. The lowest BCUT2D eigenvalue weighted by molar-refractivity contribution is -0.142. The third-order valence-corrected chi connectivity index (χ3v) is 3.74. The average Bonchev–Trinajstić information content (AvgIpc) is 2.35. The van der Waals surface area contributed by atoms with Gasteiger partial charge in [-0.15, -0.1) is 0 Å². The molecule has 0 radical (unpaired) electrons. The number of hydrogen-bond acceptors (Lipinski definition) is 4. The minimum absolute atomic E-state index is 0.412. The van der Waals surface area contributed by atoms with Gasteiger partial charge in [0.25, 0.3) is 0 Å². The summed E-state index contributed by atoms with van der Waals surface area (Å²) in [5.74, 6) is -1.83. The Morgan fingerprint density at radius 3 is 2.14 bits per heavy atom. The van der Waals surface area contributed by atoms with Crippen LogP contribution < -0.4 is 11.1 Å². The average molecular weight is 309 g/mol. The third-order valence-electron chi connectivity index (χ3n) is 3.10. The number of aryl methyl sites for hydroxylation is 3. The number of esters is 1. The lowest BCUT2D eigenvalue weighted by atomic mass is 9.93. The molecule has 114 valence electrons. The summed E-state index contributed by atoms with van der Waals surface area (Å²) < 4.78 is 4.67. The first-order valence-corrected chi connectivity index (χ1v) is 6.83. The van der Waals surface area contributed by atoms with Crippen LogP contribution in [0.2, 0.25) is 0 Å². The van der Waals surface area contributed by atoms with Gasteiger partial charge in [0.05, 0.1) is 7.11 Å². The summed E-state index contributed by atoms with van der Waals surface area (Å²) >= 11 is 0. The smallest absolute Gasteiger partial charge is 0.343 e. The maximum atomic E-state index is 12.8. The highest BCUT2D eigenvalue weighted by molar-refractivity contribution is 7.23. The molecule has 2 unspecified atom stereocenters. The van der Waals surface area contributed by atoms with Gasteiger partial charge in [-0.3, -0.25) is 10.2 Å². The Balaban J connectivity index is 3.43. The van der Waals surface area contributed by atoms with Gasteiger partial charge in [-0.25, -0.2) is 4.79 Å². The van der Waals surface area contributed by atoms with Crippen molar-refractivity contribution >= 4 is 27.0 Å². The van der Waals surface area contributed by atoms with E-state index in [1.54, 1.807) is 13.8 Å². The molecule has 0 saturated carbocycles. The number of hydrogen-bond donors (Lipinski definition) is 3. The fraction of sp³-hybridized carbons (Fsp3) is 0.357. The number of ketones is 1. The zero-order valence-electron chi connectivity index (χ0n) is 12.5. The van der Waals surface area contributed by atoms with Crippen LogP contribution in [0.1, 0.15) is 27.0 Å². The van der Waals surface area contributed by atoms with E-state index >= 15 is 0 Å². The molecule has 0 aliphatic carbocycles. The fourth-order valence-electron chi connectivity index (χ4n) is 2.31. The second-order valence-electron chi connectivity index (χ2n) is 4.94. The summed E-state index contributed by atoms with van der Waals surface area (Å²) in [6.45, 7) is 5.52. The molecule has 1 aromatic carbocycles. The first kappa shape index (κ1) is 17.1. The first-order valence-electron chi connectivity index (χ1n) is 6.25. The predicted octanol–water partition coefficient (Wildman–Crippen LogP) is 1.02. The van der Waals surface area contributed by atoms with Gasteiger partial charge in [-0.2, -0.15) is 0 Å². The molecule has 1 aromatic rings. The molecule has 0 aliphatic rings. The van der Waals surface area contributed by atoms with Crippen molar-refractivity contribution in [1.82, 2.24) is 5.32 Å². The van der Waals surface area contributed by atoms with E-state index in [-0.39, 0.29) is 0 Å². The topological polar surface area (TPSA) is 105 Å². The molecule has 0 spiro atoms. The largest absolute Gasteiger partial charge is 0.467 e. The highest BCUT2D eigenvalue weighted by Gasteiger charge is 2.44. The van der Waals surface area contributed by atoms with E-state index < -0.39 is 23.0 Å². The molecule has 0 aromatic heterocycles. The minimum Gasteiger partial charge on any atom is -0.467 e. The molecule has 4 N–H and O–H groups in total. The monoisotopic (exact) mass is 309 g/mol. The van der Waals surface area contributed by atoms with E-state index in [0.29, 0.717) is 5.56 Å². The van der Waals surface area contributed by atoms with E-state index in [1.165, 1.54) is 7.11 Å². The van der Waals surface area contributed by atoms with Gasteiger partial charge in [0.15, 0.2) is 5.96 Å². The Bertz CT molecular complexity index is 592. The Hall–Kier alpha value is -1.94. The molecule has 0 heterocycles. The molecular formula is C14H20N3O3P. The summed E-state index contributed by atoms with van der Waals surface area (Å²) in [5.41, 5.74) is 8.22. The van der Waals surface area contributed by atoms with Crippen molar-refractivity contribution in [2.75, 3.05) is 7.11 Å². The fourth-order valence-corrected chi connectivity index (χ4v) is 2.73. The lowest BCUT2D eigenvalue weighted by Crippen LogP contribution is -2.57. The van der Waals surface area contributed by atoms with Crippen LogP contribution >= 0.6 is 9.24 Å². The van der Waals surface area contributed by atoms with Crippen LogP contribution in [0.4, 0.5) is 0 Å². The van der Waals surface area contributed by atoms with Gasteiger partial charge in [0, 0.05) is 5.56 Å². The summed E-state index contributed by atoms with van der Waals surface area (Å²) in [5, 5.41) is 7.87. The summed E-state index contributed by atoms with van der Waals surface area (Å²) in [6, 6.07) is 3.72. The summed E-state index contributed by atoms with van der Waals surface area (Å²) in [4.78, 5) is 24.8. The molecule has 0 amide bonds. The number of guanidine groups is 1. The van der Waals surface area contributed by atoms with Gasteiger partial charge in [-0.1, -0.05) is 26.9 Å². The standard InChI is InChI=1S/C14H20N3O3P/c1-7-5-8(2)10(9(3)6-7)11(18)14(21,12(19)20-4)17-13(15)16/h5-6H,21H2,1-4H3,(H4,15,16,17). The van der Waals surface area contributed by atoms with Crippen LogP contribution in [0.3, 0.4) is 0 Å². The first-order chi connectivity index (χ1) is 9.63. The molecule has 0 fully saturated rings. The second kappa shape index (κ2) is 6.22. The summed E-state index contributed by atoms with van der Waals surface area (Å²) in [6.07, 6.45) is 0. The number of benzene rings is 1. The van der Waals surface area contributed by atoms with Gasteiger partial charge in [0.1, 0.15) is 0 Å². The van der Waals surface area contributed by atoms with E-state index in [2.05, 4.69) is 19.3 Å². The van der Waals surface area contributed by atoms with Gasteiger partial charge in [-0.05, 0) is 31.9 Å². The van der Waals surface area contributed by atoms with Crippen molar-refractivity contribution in [1.29, 1.82) is 5.41 Å². The molecule has 21 heavy (non-hydrogen) atoms. The maximum Gasteiger partial charge on any atom is 0.343 e. The second-order valence-corrected chi connectivity index (χ2v) is 5.81. The van der Waals surface area contributed by atoms with Crippen molar-refractivity contribution in [2.24, 2.45) is 5.73 Å². The van der Waals surface area contributed by atoms with Crippen molar-refractivity contribution < 1.29 is 14.3 Å². The van der Waals surface area contributed by atoms with Crippen LogP contribution in [0.5, 0.6) is 0 Å². The molecule has 0 aliphatic heterocycles. The van der Waals surface area contributed by atoms with Crippen LogP contribution in [0.25, 0.3) is 0 Å². The van der Waals surface area contributed by atoms with Crippen molar-refractivity contribution in [3.63, 3.8) is 0 Å². The van der Waals surface area contributed by atoms with Gasteiger partial charge in [0.2, 0.25) is 11.1 Å². The Kier molecular flexibility index (Phi) is 5.07. The van der Waals surface area contributed by atoms with Crippen LogP contribution in [-0.2, 0) is 9.53 Å². The molecule has 1 rings (SSSR count). The molecule has 7 heteroatoms. The zero-order valence-corrected chi connectivity index (χ0v) is 13.7. The van der Waals surface area contributed by atoms with Crippen LogP contribution in [0, 0.1) is 26.2 Å².